The lowest BCUT2D eigenvalue weighted by molar-refractivity contribution is 0.697. The summed E-state index contributed by atoms with van der Waals surface area (Å²) < 4.78 is 0. The first-order chi connectivity index (χ1) is 8.20. The molecule has 2 aromatic rings. The fourth-order valence-electron chi connectivity index (χ4n) is 1.74. The maximum Gasteiger partial charge on any atom is 0.121 e. The number of rotatable bonds is 4. The van der Waals surface area contributed by atoms with Crippen LogP contribution in [0.5, 0.6) is 0 Å². The topological polar surface area (TPSA) is 40.7 Å². The third kappa shape index (κ3) is 2.87. The molecule has 0 saturated carbocycles. The molecule has 0 bridgehead atoms. The number of nitrogens with one attached hydrogen (secondary N) is 2. The number of aromatic amines is 1. The molecular weight excluding hydrogens is 234 g/mol. The molecule has 0 aliphatic heterocycles. The summed E-state index contributed by atoms with van der Waals surface area (Å²) in [5.74, 6) is 0.967. The number of aryl methyl sites for hydroxylation is 1. The minimum Gasteiger partial charge on any atom is -0.344 e. The predicted molar refractivity (Wildman–Crippen MR) is 71.2 cm³/mol. The Morgan fingerprint density at radius 3 is 2.65 bits per heavy atom. The van der Waals surface area contributed by atoms with E-state index in [-0.39, 0.29) is 0 Å². The number of benzene rings is 1. The lowest BCUT2D eigenvalue weighted by Gasteiger charge is -1.98. The fraction of sp³-hybridized carbons (Fsp3) is 0.308. The molecule has 0 aliphatic rings. The largest absolute Gasteiger partial charge is 0.344 e. The van der Waals surface area contributed by atoms with E-state index >= 15 is 0 Å². The summed E-state index contributed by atoms with van der Waals surface area (Å²) in [6.45, 7) is 5.82. The molecule has 0 unspecified atom stereocenters. The van der Waals surface area contributed by atoms with Gasteiger partial charge in [-0.05, 0) is 25.6 Å². The number of H-pyrrole nitrogens is 1. The third-order valence-electron chi connectivity index (χ3n) is 2.59. The number of hydrogen-bond acceptors (Lipinski definition) is 2. The maximum absolute atomic E-state index is 5.87. The average Bonchev–Trinajstić information content (AvgIpc) is 2.69. The van der Waals surface area contributed by atoms with Crippen LogP contribution in [-0.2, 0) is 6.54 Å². The van der Waals surface area contributed by atoms with Crippen molar-refractivity contribution in [3.8, 4) is 11.3 Å². The van der Waals surface area contributed by atoms with E-state index < -0.39 is 0 Å². The number of halogens is 1. The van der Waals surface area contributed by atoms with E-state index in [9.17, 15) is 0 Å². The summed E-state index contributed by atoms with van der Waals surface area (Å²) in [7, 11) is 0. The quantitative estimate of drug-likeness (QED) is 0.874. The number of aromatic nitrogens is 2. The van der Waals surface area contributed by atoms with Crippen LogP contribution in [0.3, 0.4) is 0 Å². The summed E-state index contributed by atoms with van der Waals surface area (Å²) >= 11 is 5.87. The van der Waals surface area contributed by atoms with Gasteiger partial charge in [0.25, 0.3) is 0 Å². The summed E-state index contributed by atoms with van der Waals surface area (Å²) in [5, 5.41) is 4.00. The molecule has 2 rings (SSSR count). The monoisotopic (exact) mass is 249 g/mol. The van der Waals surface area contributed by atoms with Crippen LogP contribution in [0.25, 0.3) is 11.3 Å². The molecule has 0 aliphatic carbocycles. The fourth-order valence-corrected chi connectivity index (χ4v) is 1.86. The minimum atomic E-state index is 0.745. The zero-order chi connectivity index (χ0) is 12.3. The van der Waals surface area contributed by atoms with Gasteiger partial charge < -0.3 is 10.3 Å². The predicted octanol–water partition coefficient (Wildman–Crippen LogP) is 3.15. The highest BCUT2D eigenvalue weighted by Gasteiger charge is 2.08. The van der Waals surface area contributed by atoms with Gasteiger partial charge in [0.1, 0.15) is 5.82 Å². The normalized spacial score (nSPS) is 10.8. The number of imidazole rings is 1. The van der Waals surface area contributed by atoms with Gasteiger partial charge in [-0.3, -0.25) is 0 Å². The van der Waals surface area contributed by atoms with Crippen LogP contribution in [0.1, 0.15) is 18.4 Å². The molecule has 3 nitrogen and oxygen atoms in total. The van der Waals surface area contributed by atoms with Gasteiger partial charge in [0, 0.05) is 16.3 Å². The van der Waals surface area contributed by atoms with E-state index in [2.05, 4.69) is 22.2 Å². The summed E-state index contributed by atoms with van der Waals surface area (Å²) in [4.78, 5) is 7.87. The van der Waals surface area contributed by atoms with Gasteiger partial charge >= 0.3 is 0 Å². The SMILES string of the molecule is CCNCc1nc(-c2ccc(Cl)cc2)c(C)[nH]1. The van der Waals surface area contributed by atoms with Crippen molar-refractivity contribution in [1.29, 1.82) is 0 Å². The Hall–Kier alpha value is -1.32. The van der Waals surface area contributed by atoms with Crippen molar-refractivity contribution in [2.45, 2.75) is 20.4 Å². The Bertz CT molecular complexity index is 488. The molecular formula is C13H16ClN3. The van der Waals surface area contributed by atoms with E-state index in [1.807, 2.05) is 31.2 Å². The van der Waals surface area contributed by atoms with Crippen molar-refractivity contribution in [3.63, 3.8) is 0 Å². The van der Waals surface area contributed by atoms with E-state index in [0.717, 1.165) is 40.9 Å². The Balaban J connectivity index is 2.26. The summed E-state index contributed by atoms with van der Waals surface area (Å²) in [5.41, 5.74) is 3.17. The molecule has 2 N–H and O–H groups in total. The smallest absolute Gasteiger partial charge is 0.121 e. The molecule has 0 fully saturated rings. The average molecular weight is 250 g/mol. The van der Waals surface area contributed by atoms with Crippen LogP contribution in [0.4, 0.5) is 0 Å². The molecule has 1 aromatic carbocycles. The highest BCUT2D eigenvalue weighted by atomic mass is 35.5. The number of nitrogens with zero attached hydrogens (tertiary/aromatic N) is 1. The summed E-state index contributed by atoms with van der Waals surface area (Å²) in [6, 6.07) is 7.75. The first kappa shape index (κ1) is 12.1. The van der Waals surface area contributed by atoms with E-state index in [0.29, 0.717) is 0 Å². The second-order valence-corrected chi connectivity index (χ2v) is 4.38. The Morgan fingerprint density at radius 1 is 1.29 bits per heavy atom. The second kappa shape index (κ2) is 5.34. The van der Waals surface area contributed by atoms with E-state index in [1.54, 1.807) is 0 Å². The molecule has 0 saturated heterocycles. The molecule has 0 amide bonds. The highest BCUT2D eigenvalue weighted by Crippen LogP contribution is 2.22. The maximum atomic E-state index is 5.87. The Kier molecular flexibility index (Phi) is 3.82. The molecule has 17 heavy (non-hydrogen) atoms. The van der Waals surface area contributed by atoms with Gasteiger partial charge in [0.2, 0.25) is 0 Å². The van der Waals surface area contributed by atoms with Crippen molar-refractivity contribution in [3.05, 3.63) is 40.8 Å². The van der Waals surface area contributed by atoms with Gasteiger partial charge in [-0.1, -0.05) is 30.7 Å². The van der Waals surface area contributed by atoms with Gasteiger partial charge in [-0.2, -0.15) is 0 Å². The lowest BCUT2D eigenvalue weighted by Crippen LogP contribution is -2.12. The van der Waals surface area contributed by atoms with Crippen LogP contribution in [0.15, 0.2) is 24.3 Å². The van der Waals surface area contributed by atoms with Gasteiger partial charge in [0.15, 0.2) is 0 Å². The van der Waals surface area contributed by atoms with Gasteiger partial charge in [-0.25, -0.2) is 4.98 Å². The molecule has 4 heteroatoms. The molecule has 0 radical (unpaired) electrons. The third-order valence-corrected chi connectivity index (χ3v) is 2.85. The molecule has 1 aromatic heterocycles. The van der Waals surface area contributed by atoms with Crippen LogP contribution >= 0.6 is 11.6 Å². The molecule has 90 valence electrons. The molecule has 0 spiro atoms. The second-order valence-electron chi connectivity index (χ2n) is 3.94. The first-order valence-corrected chi connectivity index (χ1v) is 6.10. The Morgan fingerprint density at radius 2 is 2.00 bits per heavy atom. The summed E-state index contributed by atoms with van der Waals surface area (Å²) in [6.07, 6.45) is 0. The molecule has 1 heterocycles. The first-order valence-electron chi connectivity index (χ1n) is 5.73. The minimum absolute atomic E-state index is 0.745. The zero-order valence-corrected chi connectivity index (χ0v) is 10.8. The van der Waals surface area contributed by atoms with Crippen LogP contribution in [0.2, 0.25) is 5.02 Å². The van der Waals surface area contributed by atoms with Crippen molar-refractivity contribution in [1.82, 2.24) is 15.3 Å². The highest BCUT2D eigenvalue weighted by molar-refractivity contribution is 6.30. The Labute approximate surface area is 106 Å². The van der Waals surface area contributed by atoms with Crippen molar-refractivity contribution < 1.29 is 0 Å². The lowest BCUT2D eigenvalue weighted by atomic mass is 10.1. The van der Waals surface area contributed by atoms with Crippen LogP contribution < -0.4 is 5.32 Å². The van der Waals surface area contributed by atoms with Crippen molar-refractivity contribution >= 4 is 11.6 Å². The van der Waals surface area contributed by atoms with Gasteiger partial charge in [-0.15, -0.1) is 0 Å². The van der Waals surface area contributed by atoms with E-state index in [4.69, 9.17) is 11.6 Å². The van der Waals surface area contributed by atoms with E-state index in [1.165, 1.54) is 0 Å². The number of hydrogen-bond donors (Lipinski definition) is 2. The zero-order valence-electron chi connectivity index (χ0n) is 10.0. The van der Waals surface area contributed by atoms with Gasteiger partial charge in [0.05, 0.1) is 12.2 Å². The van der Waals surface area contributed by atoms with Crippen LogP contribution in [-0.4, -0.2) is 16.5 Å². The van der Waals surface area contributed by atoms with Crippen molar-refractivity contribution in [2.75, 3.05) is 6.54 Å². The molecule has 0 atom stereocenters. The van der Waals surface area contributed by atoms with Crippen molar-refractivity contribution in [2.24, 2.45) is 0 Å². The van der Waals surface area contributed by atoms with Crippen LogP contribution in [0, 0.1) is 6.92 Å². The standard InChI is InChI=1S/C13H16ClN3/c1-3-15-8-12-16-9(2)13(17-12)10-4-6-11(14)7-5-10/h4-7,15H,3,8H2,1-2H3,(H,16,17).